The van der Waals surface area contributed by atoms with Gasteiger partial charge in [0.05, 0.1) is 0 Å². The summed E-state index contributed by atoms with van der Waals surface area (Å²) in [6.07, 6.45) is 5.38. The zero-order valence-corrected chi connectivity index (χ0v) is 10.8. The molecule has 1 N–H and O–H groups in total. The first kappa shape index (κ1) is 11.6. The Bertz CT molecular complexity index is 390. The predicted molar refractivity (Wildman–Crippen MR) is 66.2 cm³/mol. The molecule has 16 heavy (non-hydrogen) atoms. The van der Waals surface area contributed by atoms with Crippen molar-refractivity contribution in [3.63, 3.8) is 0 Å². The fourth-order valence-corrected chi connectivity index (χ4v) is 2.32. The van der Waals surface area contributed by atoms with E-state index in [0.717, 1.165) is 4.47 Å². The van der Waals surface area contributed by atoms with Crippen molar-refractivity contribution in [3.05, 3.63) is 28.5 Å². The number of hydrogen-bond donors (Lipinski definition) is 1. The molecule has 86 valence electrons. The van der Waals surface area contributed by atoms with Gasteiger partial charge in [-0.3, -0.25) is 4.79 Å². The van der Waals surface area contributed by atoms with Gasteiger partial charge >= 0.3 is 0 Å². The average molecular weight is 283 g/mol. The number of nitrogens with one attached hydrogen (secondary N) is 1. The van der Waals surface area contributed by atoms with Crippen molar-refractivity contribution in [2.24, 2.45) is 5.92 Å². The Balaban J connectivity index is 2.00. The van der Waals surface area contributed by atoms with Gasteiger partial charge < -0.3 is 5.32 Å². The van der Waals surface area contributed by atoms with Crippen LogP contribution in [0.5, 0.6) is 0 Å². The molecular formula is C12H15BrN2O. The van der Waals surface area contributed by atoms with Gasteiger partial charge in [0.1, 0.15) is 5.69 Å². The molecule has 2 rings (SSSR count). The Labute approximate surface area is 104 Å². The van der Waals surface area contributed by atoms with Gasteiger partial charge in [-0.15, -0.1) is 0 Å². The second-order valence-electron chi connectivity index (χ2n) is 4.29. The van der Waals surface area contributed by atoms with Crippen LogP contribution >= 0.6 is 15.9 Å². The maximum absolute atomic E-state index is 11.9. The second-order valence-corrected chi connectivity index (χ2v) is 5.14. The SMILES string of the molecule is CC(NC(=O)c1ncccc1Br)C1CCC1. The lowest BCUT2D eigenvalue weighted by molar-refractivity contribution is 0.0903. The highest BCUT2D eigenvalue weighted by Gasteiger charge is 2.25. The smallest absolute Gasteiger partial charge is 0.271 e. The van der Waals surface area contributed by atoms with Gasteiger partial charge in [-0.25, -0.2) is 4.98 Å². The van der Waals surface area contributed by atoms with E-state index in [1.54, 1.807) is 12.3 Å². The number of aromatic nitrogens is 1. The zero-order chi connectivity index (χ0) is 11.5. The van der Waals surface area contributed by atoms with E-state index in [2.05, 4.69) is 33.2 Å². The third-order valence-corrected chi connectivity index (χ3v) is 3.83. The lowest BCUT2D eigenvalue weighted by Crippen LogP contribution is -2.41. The van der Waals surface area contributed by atoms with Crippen LogP contribution in [0.1, 0.15) is 36.7 Å². The van der Waals surface area contributed by atoms with Crippen LogP contribution in [-0.4, -0.2) is 16.9 Å². The van der Waals surface area contributed by atoms with Crippen molar-refractivity contribution in [1.82, 2.24) is 10.3 Å². The first-order chi connectivity index (χ1) is 7.68. The van der Waals surface area contributed by atoms with Crippen molar-refractivity contribution < 1.29 is 4.79 Å². The molecule has 1 atom stereocenters. The van der Waals surface area contributed by atoms with Gasteiger partial charge in [0, 0.05) is 16.7 Å². The molecule has 3 nitrogen and oxygen atoms in total. The van der Waals surface area contributed by atoms with E-state index in [1.165, 1.54) is 19.3 Å². The van der Waals surface area contributed by atoms with E-state index >= 15 is 0 Å². The Morgan fingerprint density at radius 3 is 2.94 bits per heavy atom. The maximum Gasteiger partial charge on any atom is 0.271 e. The third kappa shape index (κ3) is 2.43. The molecule has 0 aliphatic heterocycles. The molecule has 1 aromatic rings. The largest absolute Gasteiger partial charge is 0.348 e. The normalized spacial score (nSPS) is 17.6. The Morgan fingerprint density at radius 1 is 1.62 bits per heavy atom. The van der Waals surface area contributed by atoms with Gasteiger partial charge in [-0.1, -0.05) is 6.42 Å². The molecule has 1 aromatic heterocycles. The summed E-state index contributed by atoms with van der Waals surface area (Å²) in [5.74, 6) is 0.554. The number of hydrogen-bond acceptors (Lipinski definition) is 2. The Morgan fingerprint density at radius 2 is 2.38 bits per heavy atom. The monoisotopic (exact) mass is 282 g/mol. The zero-order valence-electron chi connectivity index (χ0n) is 9.24. The molecule has 1 amide bonds. The first-order valence-electron chi connectivity index (χ1n) is 5.60. The van der Waals surface area contributed by atoms with E-state index < -0.39 is 0 Å². The van der Waals surface area contributed by atoms with Crippen LogP contribution in [0.15, 0.2) is 22.8 Å². The molecule has 0 saturated heterocycles. The molecule has 1 aliphatic carbocycles. The third-order valence-electron chi connectivity index (χ3n) is 3.19. The molecule has 4 heteroatoms. The van der Waals surface area contributed by atoms with Crippen LogP contribution in [0.3, 0.4) is 0 Å². The minimum atomic E-state index is -0.0909. The fourth-order valence-electron chi connectivity index (χ4n) is 1.89. The second kappa shape index (κ2) is 4.95. The van der Waals surface area contributed by atoms with Crippen molar-refractivity contribution >= 4 is 21.8 Å². The molecule has 1 fully saturated rings. The van der Waals surface area contributed by atoms with Crippen molar-refractivity contribution in [2.75, 3.05) is 0 Å². The van der Waals surface area contributed by atoms with Crippen molar-refractivity contribution in [3.8, 4) is 0 Å². The summed E-state index contributed by atoms with van der Waals surface area (Å²) in [4.78, 5) is 16.0. The summed E-state index contributed by atoms with van der Waals surface area (Å²) in [6.45, 7) is 2.07. The maximum atomic E-state index is 11.9. The van der Waals surface area contributed by atoms with Gasteiger partial charge in [0.15, 0.2) is 0 Å². The molecule has 1 aliphatic rings. The number of rotatable bonds is 3. The average Bonchev–Trinajstić information content (AvgIpc) is 2.15. The standard InChI is InChI=1S/C12H15BrN2O/c1-8(9-4-2-5-9)15-12(16)11-10(13)6-3-7-14-11/h3,6-9H,2,4-5H2,1H3,(H,15,16). The van der Waals surface area contributed by atoms with E-state index in [1.807, 2.05) is 6.07 Å². The highest BCUT2D eigenvalue weighted by Crippen LogP contribution is 2.29. The molecule has 1 unspecified atom stereocenters. The van der Waals surface area contributed by atoms with Crippen LogP contribution in [0, 0.1) is 5.92 Å². The van der Waals surface area contributed by atoms with Crippen molar-refractivity contribution in [1.29, 1.82) is 0 Å². The molecule has 1 saturated carbocycles. The first-order valence-corrected chi connectivity index (χ1v) is 6.39. The molecule has 0 radical (unpaired) electrons. The molecule has 1 heterocycles. The van der Waals surface area contributed by atoms with Crippen LogP contribution in [0.25, 0.3) is 0 Å². The molecular weight excluding hydrogens is 268 g/mol. The van der Waals surface area contributed by atoms with Crippen LogP contribution in [-0.2, 0) is 0 Å². The van der Waals surface area contributed by atoms with E-state index in [0.29, 0.717) is 11.6 Å². The van der Waals surface area contributed by atoms with Crippen molar-refractivity contribution in [2.45, 2.75) is 32.2 Å². The predicted octanol–water partition coefficient (Wildman–Crippen LogP) is 2.76. The number of amides is 1. The van der Waals surface area contributed by atoms with Crippen LogP contribution in [0.2, 0.25) is 0 Å². The van der Waals surface area contributed by atoms with E-state index in [4.69, 9.17) is 0 Å². The Hall–Kier alpha value is -0.900. The van der Waals surface area contributed by atoms with E-state index in [-0.39, 0.29) is 11.9 Å². The summed E-state index contributed by atoms with van der Waals surface area (Å²) in [5.41, 5.74) is 0.466. The van der Waals surface area contributed by atoms with E-state index in [9.17, 15) is 4.79 Å². The topological polar surface area (TPSA) is 42.0 Å². The highest BCUT2D eigenvalue weighted by atomic mass is 79.9. The number of nitrogens with zero attached hydrogens (tertiary/aromatic N) is 1. The summed E-state index contributed by atoms with van der Waals surface area (Å²) in [6, 6.07) is 3.88. The molecule has 0 spiro atoms. The minimum Gasteiger partial charge on any atom is -0.348 e. The molecule has 0 aromatic carbocycles. The number of pyridine rings is 1. The number of carbonyl (C=O) groups excluding carboxylic acids is 1. The van der Waals surface area contributed by atoms with Gasteiger partial charge in [-0.2, -0.15) is 0 Å². The highest BCUT2D eigenvalue weighted by molar-refractivity contribution is 9.10. The summed E-state index contributed by atoms with van der Waals surface area (Å²) < 4.78 is 0.744. The quantitative estimate of drug-likeness (QED) is 0.926. The van der Waals surface area contributed by atoms with Gasteiger partial charge in [0.25, 0.3) is 5.91 Å². The van der Waals surface area contributed by atoms with Crippen LogP contribution < -0.4 is 5.32 Å². The summed E-state index contributed by atoms with van der Waals surface area (Å²) >= 11 is 3.33. The van der Waals surface area contributed by atoms with Gasteiger partial charge in [0.2, 0.25) is 0 Å². The lowest BCUT2D eigenvalue weighted by atomic mass is 9.80. The number of carbonyl (C=O) groups is 1. The summed E-state index contributed by atoms with van der Waals surface area (Å²) in [7, 11) is 0. The summed E-state index contributed by atoms with van der Waals surface area (Å²) in [5, 5.41) is 3.01. The Kier molecular flexibility index (Phi) is 3.59. The molecule has 0 bridgehead atoms. The number of halogens is 1. The van der Waals surface area contributed by atoms with Gasteiger partial charge in [-0.05, 0) is 53.7 Å². The fraction of sp³-hybridized carbons (Fsp3) is 0.500. The minimum absolute atomic E-state index is 0.0909. The lowest BCUT2D eigenvalue weighted by Gasteiger charge is -2.31. The van der Waals surface area contributed by atoms with Crippen LogP contribution in [0.4, 0.5) is 0 Å².